The minimum Gasteiger partial charge on any atom is -0.444 e. The van der Waals surface area contributed by atoms with E-state index in [1.165, 1.54) is 4.90 Å². The Labute approximate surface area is 101 Å². The van der Waals surface area contributed by atoms with E-state index >= 15 is 0 Å². The molecule has 0 aliphatic carbocycles. The highest BCUT2D eigenvalue weighted by atomic mass is 79.9. The van der Waals surface area contributed by atoms with Crippen LogP contribution in [-0.2, 0) is 0 Å². The molecule has 2 heterocycles. The molecular weight excluding hydrogens is 272 g/mol. The number of hydrogen-bond donors (Lipinski definition) is 0. The molecule has 2 aromatic heterocycles. The number of carbonyl (C=O) groups excluding carboxylic acids is 1. The van der Waals surface area contributed by atoms with E-state index in [1.807, 2.05) is 0 Å². The first-order valence-corrected chi connectivity index (χ1v) is 5.41. The molecule has 16 heavy (non-hydrogen) atoms. The lowest BCUT2D eigenvalue weighted by molar-refractivity contribution is 0.0965. The molecule has 0 saturated heterocycles. The minimum absolute atomic E-state index is 0.197. The predicted octanol–water partition coefficient (Wildman–Crippen LogP) is 2.71. The highest BCUT2D eigenvalue weighted by molar-refractivity contribution is 9.10. The molecule has 2 rings (SSSR count). The van der Waals surface area contributed by atoms with Crippen molar-refractivity contribution in [2.75, 3.05) is 11.9 Å². The number of aromatic nitrogens is 1. The number of furan rings is 1. The molecule has 0 unspecified atom stereocenters. The zero-order valence-electron chi connectivity index (χ0n) is 8.55. The number of nitrogens with zero attached hydrogens (tertiary/aromatic N) is 2. The van der Waals surface area contributed by atoms with Crippen molar-refractivity contribution in [3.05, 3.63) is 47.1 Å². The fraction of sp³-hybridized carbons (Fsp3) is 0.0909. The van der Waals surface area contributed by atoms with Gasteiger partial charge in [0.1, 0.15) is 0 Å². The quantitative estimate of drug-likeness (QED) is 0.850. The number of halogens is 1. The molecule has 0 aliphatic rings. The molecule has 0 atom stereocenters. The summed E-state index contributed by atoms with van der Waals surface area (Å²) in [6.45, 7) is 0. The van der Waals surface area contributed by atoms with Gasteiger partial charge in [-0.05, 0) is 40.2 Å². The van der Waals surface area contributed by atoms with Crippen LogP contribution < -0.4 is 4.90 Å². The van der Waals surface area contributed by atoms with Crippen LogP contribution in [0.3, 0.4) is 0 Å². The van der Waals surface area contributed by atoms with Crippen molar-refractivity contribution in [3.8, 4) is 0 Å². The van der Waals surface area contributed by atoms with Gasteiger partial charge >= 0.3 is 0 Å². The van der Waals surface area contributed by atoms with Crippen molar-refractivity contribution in [1.29, 1.82) is 0 Å². The molecule has 4 nitrogen and oxygen atoms in total. The maximum absolute atomic E-state index is 11.9. The largest absolute Gasteiger partial charge is 0.444 e. The van der Waals surface area contributed by atoms with E-state index in [0.717, 1.165) is 5.69 Å². The number of anilines is 1. The minimum atomic E-state index is -0.197. The molecular formula is C11H9BrN2O2. The molecule has 0 spiro atoms. The lowest BCUT2D eigenvalue weighted by Crippen LogP contribution is -2.25. The number of rotatable bonds is 2. The Morgan fingerprint density at radius 3 is 2.56 bits per heavy atom. The summed E-state index contributed by atoms with van der Waals surface area (Å²) in [7, 11) is 1.69. The van der Waals surface area contributed by atoms with Crippen LogP contribution in [-0.4, -0.2) is 17.9 Å². The van der Waals surface area contributed by atoms with Gasteiger partial charge in [0.05, 0.1) is 0 Å². The van der Waals surface area contributed by atoms with Gasteiger partial charge in [0.2, 0.25) is 0 Å². The van der Waals surface area contributed by atoms with Crippen molar-refractivity contribution in [1.82, 2.24) is 4.98 Å². The summed E-state index contributed by atoms with van der Waals surface area (Å²) in [5.74, 6) is 0.100. The fourth-order valence-corrected chi connectivity index (χ4v) is 1.59. The van der Waals surface area contributed by atoms with Gasteiger partial charge in [-0.1, -0.05) is 0 Å². The van der Waals surface area contributed by atoms with Crippen molar-refractivity contribution in [3.63, 3.8) is 0 Å². The van der Waals surface area contributed by atoms with Gasteiger partial charge in [-0.2, -0.15) is 0 Å². The van der Waals surface area contributed by atoms with Gasteiger partial charge in [-0.25, -0.2) is 0 Å². The third-order valence-electron chi connectivity index (χ3n) is 2.14. The Bertz CT molecular complexity index is 496. The van der Waals surface area contributed by atoms with Crippen LogP contribution in [0.5, 0.6) is 0 Å². The standard InChI is InChI=1S/C11H9BrN2O2/c1-14(8-4-6-13-7-5-8)11(15)9-2-3-10(12)16-9/h2-7H,1H3. The van der Waals surface area contributed by atoms with Crippen LogP contribution in [0.25, 0.3) is 0 Å². The summed E-state index contributed by atoms with van der Waals surface area (Å²) in [5.41, 5.74) is 0.771. The fourth-order valence-electron chi connectivity index (χ4n) is 1.28. The Hall–Kier alpha value is -1.62. The highest BCUT2D eigenvalue weighted by Crippen LogP contribution is 2.18. The van der Waals surface area contributed by atoms with Crippen LogP contribution in [0, 0.1) is 0 Å². The lowest BCUT2D eigenvalue weighted by Gasteiger charge is -2.15. The van der Waals surface area contributed by atoms with Crippen molar-refractivity contribution in [2.45, 2.75) is 0 Å². The van der Waals surface area contributed by atoms with E-state index in [9.17, 15) is 4.79 Å². The van der Waals surface area contributed by atoms with Gasteiger partial charge in [0.25, 0.3) is 5.91 Å². The SMILES string of the molecule is CN(C(=O)c1ccc(Br)o1)c1ccncc1. The summed E-state index contributed by atoms with van der Waals surface area (Å²) < 4.78 is 5.74. The normalized spacial score (nSPS) is 10.1. The second-order valence-corrected chi connectivity index (χ2v) is 3.95. The van der Waals surface area contributed by atoms with Crippen molar-refractivity contribution >= 4 is 27.5 Å². The molecule has 0 aliphatic heterocycles. The molecule has 1 amide bonds. The number of pyridine rings is 1. The van der Waals surface area contributed by atoms with Crippen LogP contribution in [0.15, 0.2) is 45.7 Å². The van der Waals surface area contributed by atoms with Gasteiger partial charge in [0, 0.05) is 25.1 Å². The van der Waals surface area contributed by atoms with E-state index in [0.29, 0.717) is 10.4 Å². The summed E-state index contributed by atoms with van der Waals surface area (Å²) >= 11 is 3.16. The lowest BCUT2D eigenvalue weighted by atomic mass is 10.3. The molecule has 82 valence electrons. The third-order valence-corrected chi connectivity index (χ3v) is 2.56. The van der Waals surface area contributed by atoms with E-state index < -0.39 is 0 Å². The Balaban J connectivity index is 2.23. The topological polar surface area (TPSA) is 46.3 Å². The zero-order chi connectivity index (χ0) is 11.5. The first-order chi connectivity index (χ1) is 7.68. The average molecular weight is 281 g/mol. The van der Waals surface area contributed by atoms with Crippen LogP contribution >= 0.6 is 15.9 Å². The summed E-state index contributed by atoms with van der Waals surface area (Å²) in [5, 5.41) is 0. The molecule has 0 fully saturated rings. The number of carbonyl (C=O) groups is 1. The maximum atomic E-state index is 11.9. The molecule has 5 heteroatoms. The van der Waals surface area contributed by atoms with Gasteiger partial charge in [-0.15, -0.1) is 0 Å². The zero-order valence-corrected chi connectivity index (χ0v) is 10.1. The first kappa shape index (κ1) is 10.9. The van der Waals surface area contributed by atoms with Crippen LogP contribution in [0.2, 0.25) is 0 Å². The molecule has 0 bridgehead atoms. The number of amides is 1. The van der Waals surface area contributed by atoms with Crippen LogP contribution in [0.1, 0.15) is 10.6 Å². The molecule has 0 saturated carbocycles. The monoisotopic (exact) mass is 280 g/mol. The van der Waals surface area contributed by atoms with Crippen molar-refractivity contribution in [2.24, 2.45) is 0 Å². The maximum Gasteiger partial charge on any atom is 0.293 e. The molecule has 2 aromatic rings. The van der Waals surface area contributed by atoms with Gasteiger partial charge < -0.3 is 9.32 Å². The van der Waals surface area contributed by atoms with Gasteiger partial charge in [-0.3, -0.25) is 9.78 Å². The summed E-state index contributed by atoms with van der Waals surface area (Å²) in [6, 6.07) is 6.84. The average Bonchev–Trinajstić information content (AvgIpc) is 2.75. The van der Waals surface area contributed by atoms with Crippen LogP contribution in [0.4, 0.5) is 5.69 Å². The van der Waals surface area contributed by atoms with Gasteiger partial charge in [0.15, 0.2) is 10.4 Å². The van der Waals surface area contributed by atoms with E-state index in [4.69, 9.17) is 4.42 Å². The summed E-state index contributed by atoms with van der Waals surface area (Å²) in [6.07, 6.45) is 3.27. The molecule has 0 aromatic carbocycles. The van der Waals surface area contributed by atoms with E-state index in [1.54, 1.807) is 43.7 Å². The van der Waals surface area contributed by atoms with Crippen molar-refractivity contribution < 1.29 is 9.21 Å². The highest BCUT2D eigenvalue weighted by Gasteiger charge is 2.16. The molecule has 0 N–H and O–H groups in total. The summed E-state index contributed by atoms with van der Waals surface area (Å²) in [4.78, 5) is 17.4. The third kappa shape index (κ3) is 2.14. The predicted molar refractivity (Wildman–Crippen MR) is 63.4 cm³/mol. The van der Waals surface area contributed by atoms with E-state index in [-0.39, 0.29) is 5.91 Å². The second-order valence-electron chi connectivity index (χ2n) is 3.17. The Morgan fingerprint density at radius 2 is 2.00 bits per heavy atom. The molecule has 0 radical (unpaired) electrons. The second kappa shape index (κ2) is 4.49. The smallest absolute Gasteiger partial charge is 0.293 e. The number of hydrogen-bond acceptors (Lipinski definition) is 3. The Kier molecular flexibility index (Phi) is 3.05. The van der Waals surface area contributed by atoms with E-state index in [2.05, 4.69) is 20.9 Å². The Morgan fingerprint density at radius 1 is 1.31 bits per heavy atom. The first-order valence-electron chi connectivity index (χ1n) is 4.62.